The third-order valence-electron chi connectivity index (χ3n) is 5.22. The van der Waals surface area contributed by atoms with E-state index in [1.165, 1.54) is 36.2 Å². The van der Waals surface area contributed by atoms with E-state index in [0.29, 0.717) is 21.9 Å². The summed E-state index contributed by atoms with van der Waals surface area (Å²) in [4.78, 5) is 13.8. The van der Waals surface area contributed by atoms with Gasteiger partial charge < -0.3 is 9.64 Å². The number of methoxy groups -OCH3 is 1. The number of fused-ring (bicyclic) bond motifs is 1. The lowest BCUT2D eigenvalue weighted by molar-refractivity contribution is -0.134. The maximum absolute atomic E-state index is 14.4. The molecule has 0 N–H and O–H groups in total. The molecule has 0 bridgehead atoms. The van der Waals surface area contributed by atoms with Crippen LogP contribution in [0.5, 0.6) is 5.75 Å². The molecule has 2 aromatic carbocycles. The lowest BCUT2D eigenvalue weighted by Crippen LogP contribution is -2.42. The normalized spacial score (nSPS) is 16.6. The minimum Gasteiger partial charge on any atom is -0.496 e. The summed E-state index contributed by atoms with van der Waals surface area (Å²) in [6.07, 6.45) is -2.99. The highest BCUT2D eigenvalue weighted by Gasteiger charge is 2.40. The van der Waals surface area contributed by atoms with Crippen LogP contribution >= 0.6 is 22.6 Å². The van der Waals surface area contributed by atoms with E-state index in [2.05, 4.69) is 32.9 Å². The number of nitrogens with zero attached hydrogens (tertiary/aromatic N) is 4. The van der Waals surface area contributed by atoms with Crippen LogP contribution in [0.25, 0.3) is 11.3 Å². The maximum Gasteiger partial charge on any atom is 0.406 e. The summed E-state index contributed by atoms with van der Waals surface area (Å²) in [5, 5.41) is 8.09. The van der Waals surface area contributed by atoms with Crippen molar-refractivity contribution in [2.45, 2.75) is 25.1 Å². The molecule has 1 atom stereocenters. The Labute approximate surface area is 194 Å². The Hall–Kier alpha value is -2.70. The first kappa shape index (κ1) is 22.5. The van der Waals surface area contributed by atoms with E-state index < -0.39 is 30.5 Å². The van der Waals surface area contributed by atoms with Gasteiger partial charge in [-0.1, -0.05) is 17.3 Å². The quantitative estimate of drug-likeness (QED) is 0.341. The van der Waals surface area contributed by atoms with Crippen molar-refractivity contribution in [3.63, 3.8) is 0 Å². The summed E-state index contributed by atoms with van der Waals surface area (Å²) < 4.78 is 61.6. The number of hydrogen-bond donors (Lipinski definition) is 0. The monoisotopic (exact) mass is 560 g/mol. The summed E-state index contributed by atoms with van der Waals surface area (Å²) in [5.74, 6) is -0.831. The number of alkyl halides is 3. The Bertz CT molecular complexity index is 1160. The number of hydrogen-bond acceptors (Lipinski definition) is 4. The number of halogens is 5. The van der Waals surface area contributed by atoms with Crippen LogP contribution in [0.3, 0.4) is 0 Å². The van der Waals surface area contributed by atoms with Gasteiger partial charge in [-0.25, -0.2) is 9.07 Å². The van der Waals surface area contributed by atoms with Crippen molar-refractivity contribution >= 4 is 34.2 Å². The van der Waals surface area contributed by atoms with Crippen LogP contribution in [0.4, 0.5) is 23.2 Å². The number of rotatable bonds is 4. The largest absolute Gasteiger partial charge is 0.496 e. The Morgan fingerprint density at radius 2 is 2.03 bits per heavy atom. The zero-order chi connectivity index (χ0) is 23.0. The molecule has 11 heteroatoms. The van der Waals surface area contributed by atoms with Gasteiger partial charge in [0.25, 0.3) is 5.91 Å². The molecule has 0 radical (unpaired) electrons. The average molecular weight is 560 g/mol. The summed E-state index contributed by atoms with van der Waals surface area (Å²) >= 11 is 2.12. The third kappa shape index (κ3) is 4.43. The van der Waals surface area contributed by atoms with Gasteiger partial charge in [-0.2, -0.15) is 13.2 Å². The number of benzene rings is 2. The van der Waals surface area contributed by atoms with Crippen LogP contribution in [-0.2, 0) is 11.2 Å². The molecule has 1 aliphatic rings. The van der Waals surface area contributed by atoms with Crippen LogP contribution < -0.4 is 9.64 Å². The zero-order valence-electron chi connectivity index (χ0n) is 16.7. The Morgan fingerprint density at radius 1 is 1.25 bits per heavy atom. The van der Waals surface area contributed by atoms with Gasteiger partial charge in [0.15, 0.2) is 0 Å². The second kappa shape index (κ2) is 8.68. The molecule has 168 valence electrons. The highest BCUT2D eigenvalue weighted by molar-refractivity contribution is 14.1. The predicted molar refractivity (Wildman–Crippen MR) is 117 cm³/mol. The number of anilines is 1. The molecule has 1 unspecified atom stereocenters. The topological polar surface area (TPSA) is 60.2 Å². The minimum absolute atomic E-state index is 0.0717. The van der Waals surface area contributed by atoms with E-state index in [1.54, 1.807) is 12.1 Å². The lowest BCUT2D eigenvalue weighted by Gasteiger charge is -2.26. The highest BCUT2D eigenvalue weighted by Crippen LogP contribution is 2.35. The molecule has 6 nitrogen and oxygen atoms in total. The minimum atomic E-state index is -4.65. The van der Waals surface area contributed by atoms with Crippen LogP contribution in [0.2, 0.25) is 0 Å². The van der Waals surface area contributed by atoms with Gasteiger partial charge in [-0.05, 0) is 59.7 Å². The van der Waals surface area contributed by atoms with E-state index in [9.17, 15) is 22.4 Å². The molecule has 4 rings (SSSR count). The number of carbonyl (C=O) groups is 1. The molecule has 0 aliphatic carbocycles. The van der Waals surface area contributed by atoms with Gasteiger partial charge in [0, 0.05) is 11.1 Å². The van der Waals surface area contributed by atoms with Crippen molar-refractivity contribution in [3.05, 3.63) is 57.5 Å². The van der Waals surface area contributed by atoms with Crippen molar-refractivity contribution in [2.75, 3.05) is 18.6 Å². The van der Waals surface area contributed by atoms with Crippen LogP contribution in [0.15, 0.2) is 42.6 Å². The van der Waals surface area contributed by atoms with Crippen molar-refractivity contribution in [2.24, 2.45) is 0 Å². The zero-order valence-corrected chi connectivity index (χ0v) is 18.9. The standard InChI is InChI=1S/C21H17F4IN4O2/c1-32-19-9-12(5-7-15(19)26)16-10-30(28-27-16)18-8-6-13-14(22)3-2-4-17(13)29(20(18)31)11-21(23,24)25/h2-5,7,9-10,18H,6,8,11H2,1H3. The Kier molecular flexibility index (Phi) is 6.10. The molecule has 0 spiro atoms. The first-order chi connectivity index (χ1) is 15.2. The highest BCUT2D eigenvalue weighted by atomic mass is 127. The molecule has 0 fully saturated rings. The second-order valence-corrected chi connectivity index (χ2v) is 8.43. The summed E-state index contributed by atoms with van der Waals surface area (Å²) in [5.41, 5.74) is 1.12. The lowest BCUT2D eigenvalue weighted by atomic mass is 10.1. The Balaban J connectivity index is 1.71. The van der Waals surface area contributed by atoms with Crippen molar-refractivity contribution < 1.29 is 27.1 Å². The predicted octanol–water partition coefficient (Wildman–Crippen LogP) is 4.78. The first-order valence-electron chi connectivity index (χ1n) is 9.59. The molecule has 1 amide bonds. The molecular weight excluding hydrogens is 543 g/mol. The SMILES string of the molecule is COc1cc(-c2cn(C3CCc4c(F)cccc4N(CC(F)(F)F)C3=O)nn2)ccc1I. The van der Waals surface area contributed by atoms with Gasteiger partial charge in [0.05, 0.1) is 22.6 Å². The van der Waals surface area contributed by atoms with Crippen molar-refractivity contribution in [3.8, 4) is 17.0 Å². The van der Waals surface area contributed by atoms with Crippen molar-refractivity contribution in [1.29, 1.82) is 0 Å². The van der Waals surface area contributed by atoms with Crippen LogP contribution in [0.1, 0.15) is 18.0 Å². The van der Waals surface area contributed by atoms with Gasteiger partial charge in [0.1, 0.15) is 29.8 Å². The number of amides is 1. The molecule has 3 aromatic rings. The van der Waals surface area contributed by atoms with E-state index in [-0.39, 0.29) is 24.1 Å². The van der Waals surface area contributed by atoms with Gasteiger partial charge in [-0.3, -0.25) is 4.79 Å². The Morgan fingerprint density at radius 3 is 2.75 bits per heavy atom. The second-order valence-electron chi connectivity index (χ2n) is 7.26. The van der Waals surface area contributed by atoms with Gasteiger partial charge >= 0.3 is 6.18 Å². The third-order valence-corrected chi connectivity index (χ3v) is 6.11. The molecular formula is C21H17F4IN4O2. The van der Waals surface area contributed by atoms with E-state index in [4.69, 9.17) is 4.74 Å². The molecule has 0 saturated carbocycles. The summed E-state index contributed by atoms with van der Waals surface area (Å²) in [7, 11) is 1.54. The van der Waals surface area contributed by atoms with E-state index in [1.807, 2.05) is 6.07 Å². The van der Waals surface area contributed by atoms with Crippen molar-refractivity contribution in [1.82, 2.24) is 15.0 Å². The van der Waals surface area contributed by atoms with Gasteiger partial charge in [0.2, 0.25) is 0 Å². The fourth-order valence-corrected chi connectivity index (χ4v) is 4.27. The van der Waals surface area contributed by atoms with E-state index in [0.717, 1.165) is 3.57 Å². The number of carbonyl (C=O) groups excluding carboxylic acids is 1. The molecule has 1 aliphatic heterocycles. The smallest absolute Gasteiger partial charge is 0.406 e. The first-order valence-corrected chi connectivity index (χ1v) is 10.7. The number of aromatic nitrogens is 3. The van der Waals surface area contributed by atoms with Crippen LogP contribution in [0, 0.1) is 9.39 Å². The van der Waals surface area contributed by atoms with Gasteiger partial charge in [-0.15, -0.1) is 5.10 Å². The molecule has 2 heterocycles. The van der Waals surface area contributed by atoms with Crippen LogP contribution in [-0.4, -0.2) is 40.7 Å². The summed E-state index contributed by atoms with van der Waals surface area (Å²) in [6.45, 7) is -1.52. The molecule has 32 heavy (non-hydrogen) atoms. The maximum atomic E-state index is 14.4. The average Bonchev–Trinajstić information content (AvgIpc) is 3.17. The number of ether oxygens (including phenoxy) is 1. The molecule has 0 saturated heterocycles. The fraction of sp³-hybridized carbons (Fsp3) is 0.286. The van der Waals surface area contributed by atoms with E-state index >= 15 is 0 Å². The summed E-state index contributed by atoms with van der Waals surface area (Å²) in [6, 6.07) is 8.12. The molecule has 1 aromatic heterocycles. The fourth-order valence-electron chi connectivity index (χ4n) is 3.72.